The van der Waals surface area contributed by atoms with Crippen molar-refractivity contribution in [2.45, 2.75) is 38.6 Å². The average Bonchev–Trinajstić information content (AvgIpc) is 3.24. The van der Waals surface area contributed by atoms with Crippen LogP contribution in [0, 0.1) is 12.7 Å². The van der Waals surface area contributed by atoms with Gasteiger partial charge in [0.1, 0.15) is 5.82 Å². The summed E-state index contributed by atoms with van der Waals surface area (Å²) in [6.07, 6.45) is 5.09. The van der Waals surface area contributed by atoms with Gasteiger partial charge in [-0.3, -0.25) is 4.79 Å². The molecule has 4 nitrogen and oxygen atoms in total. The topological polar surface area (TPSA) is 45.2 Å². The van der Waals surface area contributed by atoms with Crippen LogP contribution < -0.4 is 10.2 Å². The van der Waals surface area contributed by atoms with Gasteiger partial charge in [0.2, 0.25) is 5.91 Å². The Labute approximate surface area is 145 Å². The zero-order valence-electron chi connectivity index (χ0n) is 13.8. The van der Waals surface area contributed by atoms with E-state index in [4.69, 9.17) is 0 Å². The molecule has 1 aliphatic rings. The number of amides is 1. The molecule has 1 aromatic carbocycles. The first-order valence-corrected chi connectivity index (χ1v) is 9.19. The predicted molar refractivity (Wildman–Crippen MR) is 94.9 cm³/mol. The number of carbonyl (C=O) groups is 1. The maximum Gasteiger partial charge on any atom is 0.220 e. The Bertz CT molecular complexity index is 690. The maximum absolute atomic E-state index is 13.3. The van der Waals surface area contributed by atoms with Crippen molar-refractivity contribution in [3.63, 3.8) is 0 Å². The van der Waals surface area contributed by atoms with Crippen molar-refractivity contribution in [2.75, 3.05) is 18.0 Å². The summed E-state index contributed by atoms with van der Waals surface area (Å²) in [5, 5.41) is 6.05. The molecule has 0 spiro atoms. The third-order valence-electron chi connectivity index (χ3n) is 4.44. The van der Waals surface area contributed by atoms with Gasteiger partial charge >= 0.3 is 0 Å². The number of anilines is 1. The zero-order valence-corrected chi connectivity index (χ0v) is 14.6. The lowest BCUT2D eigenvalue weighted by molar-refractivity contribution is -0.121. The number of aryl methyl sites for hydroxylation is 2. The van der Waals surface area contributed by atoms with Crippen LogP contribution in [0.25, 0.3) is 0 Å². The van der Waals surface area contributed by atoms with Crippen molar-refractivity contribution < 1.29 is 9.18 Å². The second kappa shape index (κ2) is 7.75. The molecule has 0 bridgehead atoms. The largest absolute Gasteiger partial charge is 0.354 e. The van der Waals surface area contributed by atoms with Crippen LogP contribution in [-0.4, -0.2) is 30.0 Å². The van der Waals surface area contributed by atoms with Gasteiger partial charge in [-0.15, -0.1) is 11.3 Å². The molecule has 1 fully saturated rings. The molecule has 0 aliphatic carbocycles. The number of nitrogens with one attached hydrogen (secondary N) is 1. The van der Waals surface area contributed by atoms with Gasteiger partial charge in [0.25, 0.3) is 0 Å². The van der Waals surface area contributed by atoms with Gasteiger partial charge in [0, 0.05) is 37.1 Å². The predicted octanol–water partition coefficient (Wildman–Crippen LogP) is 3.31. The van der Waals surface area contributed by atoms with Crippen LogP contribution in [0.2, 0.25) is 0 Å². The van der Waals surface area contributed by atoms with Crippen LogP contribution in [0.5, 0.6) is 0 Å². The Morgan fingerprint density at radius 3 is 3.12 bits per heavy atom. The highest BCUT2D eigenvalue weighted by atomic mass is 32.1. The summed E-state index contributed by atoms with van der Waals surface area (Å²) in [4.78, 5) is 18.8. The first-order valence-electron chi connectivity index (χ1n) is 8.31. The number of hydrogen-bond acceptors (Lipinski definition) is 4. The first kappa shape index (κ1) is 16.9. The quantitative estimate of drug-likeness (QED) is 0.872. The van der Waals surface area contributed by atoms with E-state index >= 15 is 0 Å². The summed E-state index contributed by atoms with van der Waals surface area (Å²) < 4.78 is 13.3. The SMILES string of the molecule is Cc1cc(CCC(=O)NC[C@@H]2CCCN2c2nccs2)ccc1F. The minimum Gasteiger partial charge on any atom is -0.354 e. The third kappa shape index (κ3) is 4.12. The van der Waals surface area contributed by atoms with Crippen LogP contribution >= 0.6 is 11.3 Å². The lowest BCUT2D eigenvalue weighted by atomic mass is 10.1. The molecule has 0 saturated carbocycles. The summed E-state index contributed by atoms with van der Waals surface area (Å²) in [5.41, 5.74) is 1.62. The smallest absolute Gasteiger partial charge is 0.220 e. The van der Waals surface area contributed by atoms with E-state index in [-0.39, 0.29) is 11.7 Å². The number of thiazole rings is 1. The Balaban J connectivity index is 1.46. The van der Waals surface area contributed by atoms with Crippen LogP contribution in [0.4, 0.5) is 9.52 Å². The number of halogens is 1. The van der Waals surface area contributed by atoms with Crippen molar-refractivity contribution in [1.29, 1.82) is 0 Å². The molecular formula is C18H22FN3OS. The highest BCUT2D eigenvalue weighted by molar-refractivity contribution is 7.13. The Hall–Kier alpha value is -1.95. The molecule has 3 rings (SSSR count). The van der Waals surface area contributed by atoms with Gasteiger partial charge in [-0.25, -0.2) is 9.37 Å². The lowest BCUT2D eigenvalue weighted by Crippen LogP contribution is -2.40. The average molecular weight is 347 g/mol. The molecule has 2 heterocycles. The summed E-state index contributed by atoms with van der Waals surface area (Å²) in [6, 6.07) is 5.35. The van der Waals surface area contributed by atoms with Crippen molar-refractivity contribution in [2.24, 2.45) is 0 Å². The second-order valence-corrected chi connectivity index (χ2v) is 7.06. The molecule has 1 saturated heterocycles. The normalized spacial score (nSPS) is 17.2. The van der Waals surface area contributed by atoms with Crippen molar-refractivity contribution >= 4 is 22.4 Å². The molecule has 1 aromatic heterocycles. The van der Waals surface area contributed by atoms with Crippen LogP contribution in [0.15, 0.2) is 29.8 Å². The van der Waals surface area contributed by atoms with E-state index in [1.807, 2.05) is 17.6 Å². The maximum atomic E-state index is 13.3. The zero-order chi connectivity index (χ0) is 16.9. The summed E-state index contributed by atoms with van der Waals surface area (Å²) >= 11 is 1.64. The number of hydrogen-bond donors (Lipinski definition) is 1. The third-order valence-corrected chi connectivity index (χ3v) is 5.25. The number of rotatable bonds is 6. The fourth-order valence-corrected chi connectivity index (χ4v) is 3.84. The number of aromatic nitrogens is 1. The van der Waals surface area contributed by atoms with E-state index in [2.05, 4.69) is 15.2 Å². The molecule has 1 N–H and O–H groups in total. The molecule has 1 aliphatic heterocycles. The second-order valence-electron chi connectivity index (χ2n) is 6.19. The van der Waals surface area contributed by atoms with Gasteiger partial charge < -0.3 is 10.2 Å². The minimum atomic E-state index is -0.202. The fraction of sp³-hybridized carbons (Fsp3) is 0.444. The highest BCUT2D eigenvalue weighted by Crippen LogP contribution is 2.26. The van der Waals surface area contributed by atoms with E-state index < -0.39 is 0 Å². The molecular weight excluding hydrogens is 325 g/mol. The molecule has 128 valence electrons. The Morgan fingerprint density at radius 1 is 1.50 bits per heavy atom. The van der Waals surface area contributed by atoms with E-state index in [9.17, 15) is 9.18 Å². The minimum absolute atomic E-state index is 0.0444. The Kier molecular flexibility index (Phi) is 5.45. The molecule has 1 atom stereocenters. The van der Waals surface area contributed by atoms with Gasteiger partial charge in [0.15, 0.2) is 5.13 Å². The van der Waals surface area contributed by atoms with Crippen LogP contribution in [0.3, 0.4) is 0 Å². The van der Waals surface area contributed by atoms with Gasteiger partial charge in [-0.2, -0.15) is 0 Å². The van der Waals surface area contributed by atoms with E-state index in [0.717, 1.165) is 30.1 Å². The van der Waals surface area contributed by atoms with E-state index in [0.29, 0.717) is 31.0 Å². The van der Waals surface area contributed by atoms with Crippen molar-refractivity contribution in [1.82, 2.24) is 10.3 Å². The molecule has 2 aromatic rings. The standard InChI is InChI=1S/C18H22FN3OS/c1-13-11-14(4-6-16(13)19)5-7-17(23)21-12-15-3-2-9-22(15)18-20-8-10-24-18/h4,6,8,10-11,15H,2-3,5,7,9,12H2,1H3,(H,21,23)/t15-/m0/s1. The molecule has 0 unspecified atom stereocenters. The van der Waals surface area contributed by atoms with Crippen molar-refractivity contribution in [3.8, 4) is 0 Å². The molecule has 24 heavy (non-hydrogen) atoms. The lowest BCUT2D eigenvalue weighted by Gasteiger charge is -2.24. The number of carbonyl (C=O) groups excluding carboxylic acids is 1. The van der Waals surface area contributed by atoms with Gasteiger partial charge in [0.05, 0.1) is 0 Å². The molecule has 6 heteroatoms. The van der Waals surface area contributed by atoms with E-state index in [1.54, 1.807) is 24.3 Å². The molecule has 1 amide bonds. The molecule has 0 radical (unpaired) electrons. The van der Waals surface area contributed by atoms with Crippen molar-refractivity contribution in [3.05, 3.63) is 46.7 Å². The highest BCUT2D eigenvalue weighted by Gasteiger charge is 2.26. The van der Waals surface area contributed by atoms with E-state index in [1.165, 1.54) is 6.07 Å². The van der Waals surface area contributed by atoms with Gasteiger partial charge in [-0.05, 0) is 43.4 Å². The monoisotopic (exact) mass is 347 g/mol. The van der Waals surface area contributed by atoms with Crippen LogP contribution in [0.1, 0.15) is 30.4 Å². The fourth-order valence-electron chi connectivity index (χ4n) is 3.10. The number of benzene rings is 1. The summed E-state index contributed by atoms with van der Waals surface area (Å²) in [6.45, 7) is 3.40. The van der Waals surface area contributed by atoms with Crippen LogP contribution in [-0.2, 0) is 11.2 Å². The number of nitrogens with zero attached hydrogens (tertiary/aromatic N) is 2. The summed E-state index contributed by atoms with van der Waals surface area (Å²) in [7, 11) is 0. The van der Waals surface area contributed by atoms with Gasteiger partial charge in [-0.1, -0.05) is 12.1 Å². The Morgan fingerprint density at radius 2 is 2.38 bits per heavy atom. The summed E-state index contributed by atoms with van der Waals surface area (Å²) in [5.74, 6) is -0.158. The first-order chi connectivity index (χ1) is 11.6.